The lowest BCUT2D eigenvalue weighted by Gasteiger charge is -2.26. The molecule has 0 radical (unpaired) electrons. The Hall–Kier alpha value is -1.60. The van der Waals surface area contributed by atoms with E-state index in [1.807, 2.05) is 0 Å². The van der Waals surface area contributed by atoms with Gasteiger partial charge in [-0.1, -0.05) is 12.1 Å². The first-order valence-electron chi connectivity index (χ1n) is 5.31. The largest absolute Gasteiger partial charge is 0.493 e. The molecule has 18 heavy (non-hydrogen) atoms. The van der Waals surface area contributed by atoms with Gasteiger partial charge in [0.25, 0.3) is 0 Å². The number of benzene rings is 1. The highest BCUT2D eigenvalue weighted by molar-refractivity contribution is 7.85. The van der Waals surface area contributed by atoms with Crippen LogP contribution in [0, 0.1) is 0 Å². The van der Waals surface area contributed by atoms with Crippen LogP contribution in [-0.4, -0.2) is 21.3 Å². The molecule has 0 unspecified atom stereocenters. The smallest absolute Gasteiger partial charge is 0.383 e. The van der Waals surface area contributed by atoms with Crippen molar-refractivity contribution in [1.29, 1.82) is 0 Å². The average Bonchev–Trinajstić information content (AvgIpc) is 2.26. The van der Waals surface area contributed by atoms with E-state index in [1.165, 1.54) is 14.0 Å². The zero-order valence-electron chi connectivity index (χ0n) is 9.97. The number of hydrogen-bond donors (Lipinski definition) is 1. The number of Topliss-reactive ketones (excluding diaryl/α,β-unsaturated/α-hetero) is 1. The van der Waals surface area contributed by atoms with Crippen LogP contribution < -0.4 is 13.6 Å². The molecule has 1 aliphatic heterocycles. The van der Waals surface area contributed by atoms with Crippen LogP contribution in [0.4, 0.5) is 0 Å². The molecule has 0 spiro atoms. The lowest BCUT2D eigenvalue weighted by molar-refractivity contribution is -0.117. The maximum absolute atomic E-state index is 11.6. The quantitative estimate of drug-likeness (QED) is 0.884. The van der Waals surface area contributed by atoms with Gasteiger partial charge < -0.3 is 8.92 Å². The third kappa shape index (κ3) is 2.46. The number of methoxy groups -OCH3 is 1. The molecule has 1 aromatic rings. The summed E-state index contributed by atoms with van der Waals surface area (Å²) >= 11 is 0. The molecule has 0 aromatic heterocycles. The predicted molar refractivity (Wildman–Crippen MR) is 63.7 cm³/mol. The highest BCUT2D eigenvalue weighted by atomic mass is 32.2. The van der Waals surface area contributed by atoms with Crippen molar-refractivity contribution in [3.8, 4) is 11.5 Å². The van der Waals surface area contributed by atoms with Gasteiger partial charge in [-0.3, -0.25) is 4.79 Å². The SMILES string of the molecule is COc1cccc2c1OS(=O)(=O)N[C@H]2CC(C)=O. The Bertz CT molecular complexity index is 581. The standard InChI is InChI=1S/C11H13NO5S/c1-7(13)6-9-8-4-3-5-10(16-2)11(8)17-18(14,15)12-9/h3-5,9,12H,6H2,1-2H3/t9-/m0/s1. The maximum Gasteiger partial charge on any atom is 0.383 e. The van der Waals surface area contributed by atoms with Crippen LogP contribution in [0.1, 0.15) is 24.9 Å². The molecule has 1 atom stereocenters. The molecule has 0 bridgehead atoms. The van der Waals surface area contributed by atoms with Gasteiger partial charge in [0, 0.05) is 12.0 Å². The molecular weight excluding hydrogens is 258 g/mol. The second-order valence-electron chi connectivity index (χ2n) is 3.99. The summed E-state index contributed by atoms with van der Waals surface area (Å²) in [4.78, 5) is 11.2. The zero-order valence-corrected chi connectivity index (χ0v) is 10.8. The van der Waals surface area contributed by atoms with E-state index in [-0.39, 0.29) is 18.0 Å². The van der Waals surface area contributed by atoms with Crippen LogP contribution >= 0.6 is 0 Å². The van der Waals surface area contributed by atoms with Crippen molar-refractivity contribution in [1.82, 2.24) is 4.72 Å². The van der Waals surface area contributed by atoms with Gasteiger partial charge in [0.2, 0.25) is 0 Å². The number of nitrogens with one attached hydrogen (secondary N) is 1. The van der Waals surface area contributed by atoms with Crippen molar-refractivity contribution in [2.24, 2.45) is 0 Å². The Morgan fingerprint density at radius 3 is 2.83 bits per heavy atom. The fourth-order valence-corrected chi connectivity index (χ4v) is 2.87. The topological polar surface area (TPSA) is 81.7 Å². The van der Waals surface area contributed by atoms with Crippen molar-refractivity contribution in [3.63, 3.8) is 0 Å². The summed E-state index contributed by atoms with van der Waals surface area (Å²) in [7, 11) is -2.48. The van der Waals surface area contributed by atoms with Crippen LogP contribution in [0.15, 0.2) is 18.2 Å². The molecule has 1 N–H and O–H groups in total. The monoisotopic (exact) mass is 271 g/mol. The molecule has 1 aliphatic rings. The summed E-state index contributed by atoms with van der Waals surface area (Å²) in [6.45, 7) is 1.41. The number of hydrogen-bond acceptors (Lipinski definition) is 5. The number of carbonyl (C=O) groups is 1. The Morgan fingerprint density at radius 1 is 1.50 bits per heavy atom. The number of fused-ring (bicyclic) bond motifs is 1. The van der Waals surface area contributed by atoms with Gasteiger partial charge in [0.1, 0.15) is 5.78 Å². The van der Waals surface area contributed by atoms with Crippen molar-refractivity contribution in [3.05, 3.63) is 23.8 Å². The van der Waals surface area contributed by atoms with E-state index < -0.39 is 16.3 Å². The number of ketones is 1. The average molecular weight is 271 g/mol. The van der Waals surface area contributed by atoms with Crippen molar-refractivity contribution >= 4 is 16.1 Å². The van der Waals surface area contributed by atoms with Crippen LogP contribution in [0.2, 0.25) is 0 Å². The van der Waals surface area contributed by atoms with Gasteiger partial charge in [-0.15, -0.1) is 0 Å². The molecule has 0 fully saturated rings. The molecule has 98 valence electrons. The number of para-hydroxylation sites is 1. The first kappa shape index (κ1) is 12.8. The molecule has 0 amide bonds. The number of carbonyl (C=O) groups excluding carboxylic acids is 1. The third-order valence-electron chi connectivity index (χ3n) is 2.58. The Kier molecular flexibility index (Phi) is 3.27. The summed E-state index contributed by atoms with van der Waals surface area (Å²) < 4.78 is 35.4. The number of ether oxygens (including phenoxy) is 1. The normalized spacial score (nSPS) is 20.7. The first-order valence-corrected chi connectivity index (χ1v) is 6.72. The van der Waals surface area contributed by atoms with Crippen molar-refractivity contribution < 1.29 is 22.1 Å². The molecule has 0 saturated carbocycles. The van der Waals surface area contributed by atoms with Crippen LogP contribution in [0.5, 0.6) is 11.5 Å². The Labute approximate surface area is 105 Å². The van der Waals surface area contributed by atoms with Crippen molar-refractivity contribution in [2.75, 3.05) is 7.11 Å². The second-order valence-corrected chi connectivity index (χ2v) is 5.30. The van der Waals surface area contributed by atoms with Gasteiger partial charge in [-0.2, -0.15) is 13.1 Å². The molecule has 0 saturated heterocycles. The summed E-state index contributed by atoms with van der Waals surface area (Å²) in [5.41, 5.74) is 0.597. The highest BCUT2D eigenvalue weighted by Crippen LogP contribution is 2.39. The minimum absolute atomic E-state index is 0.0722. The lowest BCUT2D eigenvalue weighted by atomic mass is 10.0. The van der Waals surface area contributed by atoms with E-state index in [9.17, 15) is 13.2 Å². The van der Waals surface area contributed by atoms with Crippen LogP contribution in [0.3, 0.4) is 0 Å². The minimum Gasteiger partial charge on any atom is -0.493 e. The summed E-state index contributed by atoms with van der Waals surface area (Å²) in [5, 5.41) is 0. The summed E-state index contributed by atoms with van der Waals surface area (Å²) in [6, 6.07) is 4.40. The van der Waals surface area contributed by atoms with Crippen molar-refractivity contribution in [2.45, 2.75) is 19.4 Å². The lowest BCUT2D eigenvalue weighted by Crippen LogP contribution is -2.37. The minimum atomic E-state index is -3.91. The zero-order chi connectivity index (χ0) is 13.3. The fourth-order valence-electron chi connectivity index (χ4n) is 1.87. The van der Waals surface area contributed by atoms with E-state index in [1.54, 1.807) is 18.2 Å². The molecule has 1 heterocycles. The van der Waals surface area contributed by atoms with Crippen LogP contribution in [0.25, 0.3) is 0 Å². The highest BCUT2D eigenvalue weighted by Gasteiger charge is 2.33. The molecule has 2 rings (SSSR count). The van der Waals surface area contributed by atoms with Gasteiger partial charge in [0.05, 0.1) is 13.2 Å². The molecular formula is C11H13NO5S. The van der Waals surface area contributed by atoms with Gasteiger partial charge in [-0.05, 0) is 13.0 Å². The first-order chi connectivity index (χ1) is 8.43. The summed E-state index contributed by atoms with van der Waals surface area (Å²) in [6.07, 6.45) is 0.0722. The van der Waals surface area contributed by atoms with E-state index in [0.717, 1.165) is 0 Å². The third-order valence-corrected chi connectivity index (χ3v) is 3.54. The predicted octanol–water partition coefficient (Wildman–Crippen LogP) is 0.942. The van der Waals surface area contributed by atoms with E-state index in [4.69, 9.17) is 8.92 Å². The number of rotatable bonds is 3. The van der Waals surface area contributed by atoms with E-state index in [2.05, 4.69) is 4.72 Å². The molecule has 6 nitrogen and oxygen atoms in total. The van der Waals surface area contributed by atoms with Gasteiger partial charge in [0.15, 0.2) is 11.5 Å². The van der Waals surface area contributed by atoms with Crippen LogP contribution in [-0.2, 0) is 15.1 Å². The van der Waals surface area contributed by atoms with Gasteiger partial charge in [-0.25, -0.2) is 0 Å². The van der Waals surface area contributed by atoms with Gasteiger partial charge >= 0.3 is 10.3 Å². The summed E-state index contributed by atoms with van der Waals surface area (Å²) in [5.74, 6) is 0.356. The molecule has 7 heteroatoms. The molecule has 1 aromatic carbocycles. The second kappa shape index (κ2) is 4.58. The maximum atomic E-state index is 11.6. The van der Waals surface area contributed by atoms with E-state index >= 15 is 0 Å². The Morgan fingerprint density at radius 2 is 2.22 bits per heavy atom. The fraction of sp³-hybridized carbons (Fsp3) is 0.364. The van der Waals surface area contributed by atoms with E-state index in [0.29, 0.717) is 11.3 Å². The molecule has 0 aliphatic carbocycles. The Balaban J connectivity index is 2.52.